The molecule has 0 radical (unpaired) electrons. The number of unbranched alkanes of at least 4 members (excludes halogenated alkanes) is 3. The molecule has 3 nitrogen and oxygen atoms in total. The summed E-state index contributed by atoms with van der Waals surface area (Å²) in [4.78, 5) is 0. The van der Waals surface area contributed by atoms with Crippen LogP contribution < -0.4 is 5.32 Å². The molecule has 1 unspecified atom stereocenters. The molecule has 0 spiro atoms. The normalized spacial score (nSPS) is 12.8. The Bertz CT molecular complexity index is 306. The molecule has 0 saturated carbocycles. The highest BCUT2D eigenvalue weighted by molar-refractivity contribution is 5.07. The molecule has 0 aliphatic carbocycles. The number of nitrogens with zero attached hydrogens (tertiary/aromatic N) is 2. The minimum Gasteiger partial charge on any atom is -0.309 e. The molecule has 1 rings (SSSR count). The third-order valence-corrected chi connectivity index (χ3v) is 3.39. The molecule has 1 N–H and O–H groups in total. The molecule has 18 heavy (non-hydrogen) atoms. The number of aryl methyl sites for hydroxylation is 1. The summed E-state index contributed by atoms with van der Waals surface area (Å²) in [5.74, 6) is 0. The lowest BCUT2D eigenvalue weighted by Gasteiger charge is -2.19. The highest BCUT2D eigenvalue weighted by Gasteiger charge is 2.14. The largest absolute Gasteiger partial charge is 0.309 e. The Hall–Kier alpha value is -0.830. The van der Waals surface area contributed by atoms with E-state index in [4.69, 9.17) is 0 Å². The average molecular weight is 251 g/mol. The maximum atomic E-state index is 4.38. The van der Waals surface area contributed by atoms with Crippen LogP contribution in [0.15, 0.2) is 12.3 Å². The first-order valence-corrected chi connectivity index (χ1v) is 7.58. The second-order valence-corrected chi connectivity index (χ2v) is 4.93. The summed E-state index contributed by atoms with van der Waals surface area (Å²) >= 11 is 0. The Labute approximate surface area is 112 Å². The third kappa shape index (κ3) is 4.81. The first-order chi connectivity index (χ1) is 8.83. The van der Waals surface area contributed by atoms with Crippen LogP contribution in [0.2, 0.25) is 0 Å². The fourth-order valence-electron chi connectivity index (χ4n) is 2.35. The van der Waals surface area contributed by atoms with Gasteiger partial charge < -0.3 is 5.32 Å². The summed E-state index contributed by atoms with van der Waals surface area (Å²) in [5, 5.41) is 8.05. The molecule has 3 heteroatoms. The molecule has 1 atom stereocenters. The SMILES string of the molecule is CCCCCCC(NCCC)c1ccnn1CC. The summed E-state index contributed by atoms with van der Waals surface area (Å²) < 4.78 is 2.12. The van der Waals surface area contributed by atoms with Crippen molar-refractivity contribution in [2.45, 2.75) is 71.9 Å². The van der Waals surface area contributed by atoms with E-state index < -0.39 is 0 Å². The van der Waals surface area contributed by atoms with Gasteiger partial charge in [0.1, 0.15) is 0 Å². The van der Waals surface area contributed by atoms with Crippen molar-refractivity contribution in [2.24, 2.45) is 0 Å². The van der Waals surface area contributed by atoms with E-state index in [1.165, 1.54) is 44.2 Å². The molecule has 0 aromatic carbocycles. The van der Waals surface area contributed by atoms with Crippen LogP contribution in [0.3, 0.4) is 0 Å². The fourth-order valence-corrected chi connectivity index (χ4v) is 2.35. The quantitative estimate of drug-likeness (QED) is 0.639. The van der Waals surface area contributed by atoms with Crippen molar-refractivity contribution in [1.82, 2.24) is 15.1 Å². The van der Waals surface area contributed by atoms with Gasteiger partial charge in [0, 0.05) is 18.8 Å². The van der Waals surface area contributed by atoms with Crippen molar-refractivity contribution in [3.8, 4) is 0 Å². The van der Waals surface area contributed by atoms with Gasteiger partial charge in [-0.25, -0.2) is 0 Å². The van der Waals surface area contributed by atoms with E-state index >= 15 is 0 Å². The molecule has 0 fully saturated rings. The highest BCUT2D eigenvalue weighted by atomic mass is 15.3. The van der Waals surface area contributed by atoms with Gasteiger partial charge in [0.2, 0.25) is 0 Å². The zero-order chi connectivity index (χ0) is 13.2. The Morgan fingerprint density at radius 1 is 1.17 bits per heavy atom. The van der Waals surface area contributed by atoms with Gasteiger partial charge in [-0.15, -0.1) is 0 Å². The topological polar surface area (TPSA) is 29.9 Å². The number of hydrogen-bond acceptors (Lipinski definition) is 2. The van der Waals surface area contributed by atoms with Gasteiger partial charge in [-0.05, 0) is 32.4 Å². The third-order valence-electron chi connectivity index (χ3n) is 3.39. The minimum atomic E-state index is 0.476. The zero-order valence-electron chi connectivity index (χ0n) is 12.3. The van der Waals surface area contributed by atoms with Crippen LogP contribution in [0.5, 0.6) is 0 Å². The van der Waals surface area contributed by atoms with Crippen molar-refractivity contribution < 1.29 is 0 Å². The summed E-state index contributed by atoms with van der Waals surface area (Å²) in [7, 11) is 0. The second kappa shape index (κ2) is 9.15. The van der Waals surface area contributed by atoms with Crippen LogP contribution in [-0.4, -0.2) is 16.3 Å². The summed E-state index contributed by atoms with van der Waals surface area (Å²) in [6.07, 6.45) is 9.65. The first kappa shape index (κ1) is 15.2. The molecule has 0 saturated heterocycles. The lowest BCUT2D eigenvalue weighted by molar-refractivity contribution is 0.437. The molecule has 0 aliphatic rings. The molecule has 104 valence electrons. The van der Waals surface area contributed by atoms with E-state index in [2.05, 4.69) is 41.9 Å². The lowest BCUT2D eigenvalue weighted by atomic mass is 10.0. The van der Waals surface area contributed by atoms with Gasteiger partial charge in [0.25, 0.3) is 0 Å². The van der Waals surface area contributed by atoms with Crippen LogP contribution in [0.1, 0.15) is 71.0 Å². The molecule has 0 aliphatic heterocycles. The van der Waals surface area contributed by atoms with Crippen molar-refractivity contribution in [3.63, 3.8) is 0 Å². The number of aromatic nitrogens is 2. The second-order valence-electron chi connectivity index (χ2n) is 4.93. The molecule has 0 amide bonds. The maximum absolute atomic E-state index is 4.38. The summed E-state index contributed by atoms with van der Waals surface area (Å²) in [5.41, 5.74) is 1.35. The minimum absolute atomic E-state index is 0.476. The number of nitrogens with one attached hydrogen (secondary N) is 1. The van der Waals surface area contributed by atoms with Gasteiger partial charge in [0.15, 0.2) is 0 Å². The van der Waals surface area contributed by atoms with Gasteiger partial charge in [-0.1, -0.05) is 39.5 Å². The number of hydrogen-bond donors (Lipinski definition) is 1. The van der Waals surface area contributed by atoms with Crippen LogP contribution in [0, 0.1) is 0 Å². The smallest absolute Gasteiger partial charge is 0.0553 e. The average Bonchev–Trinajstić information content (AvgIpc) is 2.86. The van der Waals surface area contributed by atoms with Crippen LogP contribution in [0.25, 0.3) is 0 Å². The predicted molar refractivity (Wildman–Crippen MR) is 77.7 cm³/mol. The first-order valence-electron chi connectivity index (χ1n) is 7.58. The molecule has 1 aromatic heterocycles. The zero-order valence-corrected chi connectivity index (χ0v) is 12.3. The van der Waals surface area contributed by atoms with Crippen molar-refractivity contribution in [2.75, 3.05) is 6.54 Å². The molecular weight excluding hydrogens is 222 g/mol. The summed E-state index contributed by atoms with van der Waals surface area (Å²) in [6, 6.07) is 2.64. The Balaban J connectivity index is 2.54. The van der Waals surface area contributed by atoms with E-state index in [1.807, 2.05) is 6.20 Å². The van der Waals surface area contributed by atoms with E-state index in [0.717, 1.165) is 13.1 Å². The van der Waals surface area contributed by atoms with Crippen molar-refractivity contribution in [1.29, 1.82) is 0 Å². The molecule has 1 heterocycles. The monoisotopic (exact) mass is 251 g/mol. The maximum Gasteiger partial charge on any atom is 0.0553 e. The highest BCUT2D eigenvalue weighted by Crippen LogP contribution is 2.20. The van der Waals surface area contributed by atoms with Crippen LogP contribution in [-0.2, 0) is 6.54 Å². The van der Waals surface area contributed by atoms with E-state index in [1.54, 1.807) is 0 Å². The standard InChI is InChI=1S/C15H29N3/c1-4-7-8-9-10-14(16-12-5-2)15-11-13-17-18(15)6-3/h11,13-14,16H,4-10,12H2,1-3H3. The molecular formula is C15H29N3. The Morgan fingerprint density at radius 3 is 2.67 bits per heavy atom. The number of rotatable bonds is 10. The van der Waals surface area contributed by atoms with Crippen molar-refractivity contribution in [3.05, 3.63) is 18.0 Å². The van der Waals surface area contributed by atoms with Crippen LogP contribution in [0.4, 0.5) is 0 Å². The van der Waals surface area contributed by atoms with Gasteiger partial charge in [0.05, 0.1) is 5.69 Å². The van der Waals surface area contributed by atoms with E-state index in [9.17, 15) is 0 Å². The van der Waals surface area contributed by atoms with Crippen LogP contribution >= 0.6 is 0 Å². The lowest BCUT2D eigenvalue weighted by Crippen LogP contribution is -2.24. The predicted octanol–water partition coefficient (Wildman–Crippen LogP) is 3.91. The molecule has 1 aromatic rings. The van der Waals surface area contributed by atoms with Gasteiger partial charge in [-0.2, -0.15) is 5.10 Å². The van der Waals surface area contributed by atoms with Gasteiger partial charge in [-0.3, -0.25) is 4.68 Å². The summed E-state index contributed by atoms with van der Waals surface area (Å²) in [6.45, 7) is 8.69. The van der Waals surface area contributed by atoms with E-state index in [-0.39, 0.29) is 0 Å². The van der Waals surface area contributed by atoms with E-state index in [0.29, 0.717) is 6.04 Å². The Morgan fingerprint density at radius 2 is 2.00 bits per heavy atom. The fraction of sp³-hybridized carbons (Fsp3) is 0.800. The Kier molecular flexibility index (Phi) is 7.74. The molecule has 0 bridgehead atoms. The van der Waals surface area contributed by atoms with Crippen molar-refractivity contribution >= 4 is 0 Å². The van der Waals surface area contributed by atoms with Gasteiger partial charge >= 0.3 is 0 Å².